The molecular weight excluding hydrogens is 399 g/mol. The molecule has 7 nitrogen and oxygen atoms in total. The van der Waals surface area contributed by atoms with Gasteiger partial charge in [-0.2, -0.15) is 0 Å². The minimum absolute atomic E-state index is 0.00941. The van der Waals surface area contributed by atoms with Crippen LogP contribution >= 0.6 is 0 Å². The summed E-state index contributed by atoms with van der Waals surface area (Å²) in [4.78, 5) is 19.0. The molecule has 2 aliphatic rings. The van der Waals surface area contributed by atoms with Gasteiger partial charge in [-0.25, -0.2) is 9.18 Å². The maximum Gasteiger partial charge on any atom is 0.325 e. The molecule has 162 valence electrons. The predicted octanol–water partition coefficient (Wildman–Crippen LogP) is 4.14. The number of fused-ring (bicyclic) bond motifs is 1. The molecule has 2 saturated heterocycles. The van der Waals surface area contributed by atoms with E-state index in [1.165, 1.54) is 12.1 Å². The fourth-order valence-corrected chi connectivity index (χ4v) is 4.77. The maximum absolute atomic E-state index is 13.5. The zero-order valence-corrected chi connectivity index (χ0v) is 17.4. The van der Waals surface area contributed by atoms with Crippen LogP contribution in [0.1, 0.15) is 31.4 Å². The number of aromatic hydroxyl groups is 1. The number of phenols is 1. The molecule has 0 saturated carbocycles. The first-order valence-electron chi connectivity index (χ1n) is 10.7. The Kier molecular flexibility index (Phi) is 5.02. The third kappa shape index (κ3) is 3.50. The number of anilines is 1. The highest BCUT2D eigenvalue weighted by Gasteiger charge is 2.42. The van der Waals surface area contributed by atoms with Gasteiger partial charge in [0, 0.05) is 42.7 Å². The Morgan fingerprint density at radius 1 is 1.16 bits per heavy atom. The second kappa shape index (κ2) is 7.85. The highest BCUT2D eigenvalue weighted by atomic mass is 19.1. The van der Waals surface area contributed by atoms with Gasteiger partial charge in [0.25, 0.3) is 0 Å². The van der Waals surface area contributed by atoms with Crippen molar-refractivity contribution < 1.29 is 18.8 Å². The van der Waals surface area contributed by atoms with Gasteiger partial charge in [-0.15, -0.1) is 0 Å². The summed E-state index contributed by atoms with van der Waals surface area (Å²) in [5.41, 5.74) is 2.16. The van der Waals surface area contributed by atoms with Crippen molar-refractivity contribution in [1.29, 1.82) is 0 Å². The lowest BCUT2D eigenvalue weighted by molar-refractivity contribution is 0.151. The molecule has 31 heavy (non-hydrogen) atoms. The van der Waals surface area contributed by atoms with Crippen LogP contribution in [-0.2, 0) is 0 Å². The number of hydrogen-bond acceptors (Lipinski definition) is 5. The zero-order valence-electron chi connectivity index (χ0n) is 17.4. The molecule has 0 radical (unpaired) electrons. The van der Waals surface area contributed by atoms with E-state index in [2.05, 4.69) is 10.1 Å². The quantitative estimate of drug-likeness (QED) is 0.682. The Morgan fingerprint density at radius 3 is 2.61 bits per heavy atom. The fraction of sp³-hybridized carbons (Fsp3) is 0.391. The van der Waals surface area contributed by atoms with Gasteiger partial charge in [-0.3, -0.25) is 9.80 Å². The average Bonchev–Trinajstić information content (AvgIpc) is 3.35. The molecule has 3 aromatic rings. The number of nitrogens with zero attached hydrogens (tertiary/aromatic N) is 4. The Balaban J connectivity index is 1.34. The summed E-state index contributed by atoms with van der Waals surface area (Å²) in [5.74, 6) is 0.0926. The summed E-state index contributed by atoms with van der Waals surface area (Å²) in [5, 5.41) is 14.7. The summed E-state index contributed by atoms with van der Waals surface area (Å²) in [7, 11) is 0. The molecule has 1 atom stereocenters. The largest absolute Gasteiger partial charge is 0.508 e. The van der Waals surface area contributed by atoms with E-state index in [1.807, 2.05) is 16.7 Å². The number of amides is 2. The van der Waals surface area contributed by atoms with Crippen molar-refractivity contribution in [1.82, 2.24) is 15.0 Å². The fourth-order valence-electron chi connectivity index (χ4n) is 4.77. The molecule has 1 aromatic heterocycles. The number of hydrogen-bond donors (Lipinski definition) is 1. The molecule has 0 bridgehead atoms. The van der Waals surface area contributed by atoms with Crippen molar-refractivity contribution in [2.75, 3.05) is 31.1 Å². The Hall–Kier alpha value is -3.13. The van der Waals surface area contributed by atoms with Crippen molar-refractivity contribution in [2.24, 2.45) is 0 Å². The molecule has 5 rings (SSSR count). The molecule has 2 fully saturated rings. The lowest BCUT2D eigenvalue weighted by atomic mass is 9.91. The molecule has 0 spiro atoms. The standard InChI is InChI=1S/C23H25FN4O3/c1-2-26-14-21(28(23(26)30)17-4-6-18(29)7-5-17)27-11-9-15(10-12-27)22-19-8-3-16(24)13-20(19)31-25-22/h3-8,13,15,21,29H,2,9-12,14H2,1H3. The molecule has 2 aliphatic heterocycles. The van der Waals surface area contributed by atoms with Gasteiger partial charge in [0.15, 0.2) is 5.58 Å². The van der Waals surface area contributed by atoms with Gasteiger partial charge >= 0.3 is 6.03 Å². The van der Waals surface area contributed by atoms with Crippen LogP contribution in [0.3, 0.4) is 0 Å². The summed E-state index contributed by atoms with van der Waals surface area (Å²) in [6.07, 6.45) is 1.72. The van der Waals surface area contributed by atoms with E-state index in [0.29, 0.717) is 18.7 Å². The minimum Gasteiger partial charge on any atom is -0.508 e. The number of piperidine rings is 1. The van der Waals surface area contributed by atoms with E-state index in [1.54, 1.807) is 30.3 Å². The molecular formula is C23H25FN4O3. The van der Waals surface area contributed by atoms with E-state index in [-0.39, 0.29) is 29.7 Å². The summed E-state index contributed by atoms with van der Waals surface area (Å²) < 4.78 is 18.8. The summed E-state index contributed by atoms with van der Waals surface area (Å²) in [6.45, 7) is 4.93. The van der Waals surface area contributed by atoms with E-state index < -0.39 is 0 Å². The van der Waals surface area contributed by atoms with Gasteiger partial charge in [0.1, 0.15) is 17.7 Å². The Bertz CT molecular complexity index is 1090. The first kappa shape index (κ1) is 19.8. The normalized spacial score (nSPS) is 20.8. The molecule has 2 amide bonds. The average molecular weight is 424 g/mol. The molecule has 2 aromatic carbocycles. The highest BCUT2D eigenvalue weighted by Crippen LogP contribution is 2.35. The van der Waals surface area contributed by atoms with E-state index in [0.717, 1.165) is 42.7 Å². The number of halogens is 1. The van der Waals surface area contributed by atoms with Crippen molar-refractivity contribution in [3.63, 3.8) is 0 Å². The number of rotatable bonds is 4. The lowest BCUT2D eigenvalue weighted by Crippen LogP contribution is -2.50. The number of phenolic OH excluding ortho intramolecular Hbond substituents is 1. The van der Waals surface area contributed by atoms with E-state index in [4.69, 9.17) is 4.52 Å². The highest BCUT2D eigenvalue weighted by molar-refractivity contribution is 5.95. The van der Waals surface area contributed by atoms with E-state index >= 15 is 0 Å². The molecule has 8 heteroatoms. The number of benzene rings is 2. The number of urea groups is 1. The van der Waals surface area contributed by atoms with Gasteiger partial charge in [0.2, 0.25) is 0 Å². The summed E-state index contributed by atoms with van der Waals surface area (Å²) >= 11 is 0. The number of likely N-dealkylation sites (N-methyl/N-ethyl adjacent to an activating group) is 1. The number of aromatic nitrogens is 1. The second-order valence-corrected chi connectivity index (χ2v) is 8.21. The zero-order chi connectivity index (χ0) is 21.5. The van der Waals surface area contributed by atoms with Crippen molar-refractivity contribution in [3.8, 4) is 5.75 Å². The van der Waals surface area contributed by atoms with Crippen LogP contribution in [0.4, 0.5) is 14.9 Å². The first-order chi connectivity index (χ1) is 15.0. The van der Waals surface area contributed by atoms with Gasteiger partial charge in [-0.05, 0) is 56.2 Å². The topological polar surface area (TPSA) is 73.1 Å². The first-order valence-corrected chi connectivity index (χ1v) is 10.7. The van der Waals surface area contributed by atoms with Crippen molar-refractivity contribution >= 4 is 22.7 Å². The third-order valence-electron chi connectivity index (χ3n) is 6.47. The third-order valence-corrected chi connectivity index (χ3v) is 6.47. The smallest absolute Gasteiger partial charge is 0.325 e. The van der Waals surface area contributed by atoms with Crippen LogP contribution in [0.25, 0.3) is 11.0 Å². The van der Waals surface area contributed by atoms with Gasteiger partial charge < -0.3 is 14.5 Å². The van der Waals surface area contributed by atoms with Crippen LogP contribution in [0, 0.1) is 5.82 Å². The Labute approximate surface area is 179 Å². The monoisotopic (exact) mass is 424 g/mol. The number of likely N-dealkylation sites (tertiary alicyclic amines) is 1. The SMILES string of the molecule is CCN1CC(N2CCC(c3noc4cc(F)ccc34)CC2)N(c2ccc(O)cc2)C1=O. The van der Waals surface area contributed by atoms with Crippen LogP contribution in [0.2, 0.25) is 0 Å². The van der Waals surface area contributed by atoms with E-state index in [9.17, 15) is 14.3 Å². The maximum atomic E-state index is 13.5. The van der Waals surface area contributed by atoms with Crippen LogP contribution < -0.4 is 4.90 Å². The van der Waals surface area contributed by atoms with Crippen LogP contribution in [0.5, 0.6) is 5.75 Å². The van der Waals surface area contributed by atoms with Crippen LogP contribution in [-0.4, -0.2) is 58.4 Å². The molecule has 1 N–H and O–H groups in total. The molecule has 3 heterocycles. The van der Waals surface area contributed by atoms with Crippen molar-refractivity contribution in [2.45, 2.75) is 31.8 Å². The summed E-state index contributed by atoms with van der Waals surface area (Å²) in [6, 6.07) is 11.3. The van der Waals surface area contributed by atoms with Gasteiger partial charge in [0.05, 0.1) is 12.2 Å². The Morgan fingerprint density at radius 2 is 1.90 bits per heavy atom. The minimum atomic E-state index is -0.328. The van der Waals surface area contributed by atoms with Crippen molar-refractivity contribution in [3.05, 3.63) is 54.0 Å². The molecule has 0 aliphatic carbocycles. The predicted molar refractivity (Wildman–Crippen MR) is 115 cm³/mol. The molecule has 1 unspecified atom stereocenters. The lowest BCUT2D eigenvalue weighted by Gasteiger charge is -2.38. The van der Waals surface area contributed by atoms with Crippen LogP contribution in [0.15, 0.2) is 47.0 Å². The van der Waals surface area contributed by atoms with Gasteiger partial charge in [-0.1, -0.05) is 5.16 Å². The number of carbonyl (C=O) groups excluding carboxylic acids is 1. The number of carbonyl (C=O) groups is 1. The second-order valence-electron chi connectivity index (χ2n) is 8.21.